The van der Waals surface area contributed by atoms with Gasteiger partial charge in [0.1, 0.15) is 5.78 Å². The standard InChI is InChI=1S/C22H52N3O6P3/c1-9-16-26-32(27-17-10-2)25-34(30-20-13-5,31-21-14-6)24-22(8)33(23-15-7,28-18-11-3)29-19-12-4/h22,32H,9-21H2,1-8H3. The molecule has 0 amide bonds. The molecule has 9 nitrogen and oxygen atoms in total. The topological polar surface area (TPSA) is 92.5 Å². The molecule has 0 spiro atoms. The smallest absolute Gasteiger partial charge is 0.326 e. The first-order valence-electron chi connectivity index (χ1n) is 13.1. The van der Waals surface area contributed by atoms with Crippen LogP contribution in [0.15, 0.2) is 14.0 Å². The van der Waals surface area contributed by atoms with Gasteiger partial charge in [-0.15, -0.1) is 0 Å². The van der Waals surface area contributed by atoms with E-state index in [9.17, 15) is 0 Å². The summed E-state index contributed by atoms with van der Waals surface area (Å²) >= 11 is 0. The summed E-state index contributed by atoms with van der Waals surface area (Å²) in [6.45, 7) is 20.2. The molecule has 0 aliphatic carbocycles. The third-order valence-electron chi connectivity index (χ3n) is 4.08. The lowest BCUT2D eigenvalue weighted by Gasteiger charge is -2.30. The second-order valence-electron chi connectivity index (χ2n) is 7.66. The zero-order valence-corrected chi connectivity index (χ0v) is 25.7. The van der Waals surface area contributed by atoms with E-state index < -0.39 is 29.1 Å². The van der Waals surface area contributed by atoms with Crippen LogP contribution in [-0.4, -0.2) is 52.0 Å². The van der Waals surface area contributed by atoms with Gasteiger partial charge < -0.3 is 27.1 Å². The molecule has 12 heteroatoms. The zero-order chi connectivity index (χ0) is 25.7. The molecule has 206 valence electrons. The molecule has 0 saturated carbocycles. The predicted molar refractivity (Wildman–Crippen MR) is 147 cm³/mol. The molecular formula is C22H52N3O6P3. The van der Waals surface area contributed by atoms with Crippen molar-refractivity contribution >= 4 is 23.3 Å². The minimum absolute atomic E-state index is 0.392. The van der Waals surface area contributed by atoms with Gasteiger partial charge in [0, 0.05) is 6.54 Å². The first-order chi connectivity index (χ1) is 16.4. The lowest BCUT2D eigenvalue weighted by atomic mass is 10.5. The van der Waals surface area contributed by atoms with Crippen molar-refractivity contribution in [3.8, 4) is 0 Å². The van der Waals surface area contributed by atoms with Crippen LogP contribution in [0.5, 0.6) is 0 Å². The molecule has 0 aliphatic rings. The van der Waals surface area contributed by atoms with Crippen LogP contribution in [-0.2, 0) is 27.1 Å². The van der Waals surface area contributed by atoms with Crippen molar-refractivity contribution in [2.24, 2.45) is 14.0 Å². The van der Waals surface area contributed by atoms with Gasteiger partial charge in [0.15, 0.2) is 0 Å². The van der Waals surface area contributed by atoms with Gasteiger partial charge in [-0.25, -0.2) is 4.74 Å². The highest BCUT2D eigenvalue weighted by Gasteiger charge is 2.34. The molecule has 0 fully saturated rings. The summed E-state index contributed by atoms with van der Waals surface area (Å²) in [5.41, 5.74) is 0. The van der Waals surface area contributed by atoms with Crippen molar-refractivity contribution in [1.82, 2.24) is 0 Å². The molecule has 1 unspecified atom stereocenters. The third kappa shape index (κ3) is 13.7. The minimum atomic E-state index is -3.05. The van der Waals surface area contributed by atoms with Crippen LogP contribution in [0, 0.1) is 0 Å². The molecule has 0 aliphatic heterocycles. The largest absolute Gasteiger partial charge is 0.339 e. The van der Waals surface area contributed by atoms with E-state index in [1.165, 1.54) is 0 Å². The summed E-state index contributed by atoms with van der Waals surface area (Å²) in [5.74, 6) is -0.392. The van der Waals surface area contributed by atoms with E-state index in [4.69, 9.17) is 41.1 Å². The van der Waals surface area contributed by atoms with E-state index in [-0.39, 0.29) is 0 Å². The Hall–Kier alpha value is 0.450. The van der Waals surface area contributed by atoms with Gasteiger partial charge in [-0.3, -0.25) is 4.74 Å². The Labute approximate surface area is 210 Å². The molecule has 0 heterocycles. The quantitative estimate of drug-likeness (QED) is 0.126. The van der Waals surface area contributed by atoms with Gasteiger partial charge in [0.2, 0.25) is 15.7 Å². The predicted octanol–water partition coefficient (Wildman–Crippen LogP) is 9.12. The molecule has 1 atom stereocenters. The highest BCUT2D eigenvalue weighted by molar-refractivity contribution is 7.62. The number of hydrogen-bond donors (Lipinski definition) is 0. The van der Waals surface area contributed by atoms with Crippen LogP contribution in [0.2, 0.25) is 0 Å². The van der Waals surface area contributed by atoms with E-state index in [0.717, 1.165) is 38.5 Å². The van der Waals surface area contributed by atoms with E-state index in [1.54, 1.807) is 0 Å². The first kappa shape index (κ1) is 34.5. The maximum absolute atomic E-state index is 6.31. The molecule has 0 aromatic heterocycles. The van der Waals surface area contributed by atoms with Crippen molar-refractivity contribution in [3.05, 3.63) is 0 Å². The van der Waals surface area contributed by atoms with Gasteiger partial charge >= 0.3 is 7.66 Å². The summed E-state index contributed by atoms with van der Waals surface area (Å²) in [5, 5.41) is 0. The Kier molecular flexibility index (Phi) is 21.8. The molecule has 34 heavy (non-hydrogen) atoms. The van der Waals surface area contributed by atoms with E-state index in [1.807, 2.05) is 13.8 Å². The normalized spacial score (nSPS) is 13.3. The Morgan fingerprint density at radius 3 is 1.41 bits per heavy atom. The van der Waals surface area contributed by atoms with Crippen LogP contribution in [0.3, 0.4) is 0 Å². The fourth-order valence-electron chi connectivity index (χ4n) is 2.56. The molecular weight excluding hydrogens is 495 g/mol. The highest BCUT2D eigenvalue weighted by Crippen LogP contribution is 2.65. The zero-order valence-electron chi connectivity index (χ0n) is 23.0. The average molecular weight is 548 g/mol. The summed E-state index contributed by atoms with van der Waals surface area (Å²) in [4.78, 5) is 0. The number of hydrogen-bond acceptors (Lipinski definition) is 8. The summed E-state index contributed by atoms with van der Waals surface area (Å²) in [6.07, 6.45) is 5.14. The van der Waals surface area contributed by atoms with Gasteiger partial charge in [-0.2, -0.15) is 4.52 Å². The Morgan fingerprint density at radius 2 is 1.03 bits per heavy atom. The maximum atomic E-state index is 6.31. The van der Waals surface area contributed by atoms with Crippen LogP contribution in [0.1, 0.15) is 93.9 Å². The Bertz CT molecular complexity index is 615. The average Bonchev–Trinajstić information content (AvgIpc) is 2.84. The second-order valence-corrected chi connectivity index (χ2v) is 14.0. The van der Waals surface area contributed by atoms with E-state index in [0.29, 0.717) is 46.2 Å². The molecule has 0 N–H and O–H groups in total. The Balaban J connectivity index is 6.73. The van der Waals surface area contributed by atoms with Crippen molar-refractivity contribution in [2.45, 2.75) is 99.7 Å². The van der Waals surface area contributed by atoms with Crippen molar-refractivity contribution in [1.29, 1.82) is 0 Å². The van der Waals surface area contributed by atoms with Crippen LogP contribution in [0.25, 0.3) is 0 Å². The van der Waals surface area contributed by atoms with E-state index >= 15 is 0 Å². The highest BCUT2D eigenvalue weighted by atomic mass is 31.2. The van der Waals surface area contributed by atoms with Gasteiger partial charge in [0.05, 0.1) is 39.6 Å². The van der Waals surface area contributed by atoms with Gasteiger partial charge in [0.25, 0.3) is 0 Å². The van der Waals surface area contributed by atoms with Crippen LogP contribution >= 0.6 is 23.3 Å². The van der Waals surface area contributed by atoms with Crippen LogP contribution < -0.4 is 0 Å². The minimum Gasteiger partial charge on any atom is -0.326 e. The molecule has 0 rings (SSSR count). The third-order valence-corrected chi connectivity index (χ3v) is 11.3. The first-order valence-corrected chi connectivity index (χ1v) is 17.5. The fourth-order valence-corrected chi connectivity index (χ4v) is 9.93. The molecule has 0 aromatic carbocycles. The van der Waals surface area contributed by atoms with Crippen molar-refractivity contribution < 1.29 is 27.1 Å². The second kappa shape index (κ2) is 21.5. The SMILES string of the molecule is CCCO[PH](=NP(=NC(C)P(=NCC)(OCCC)OCCC)(OCCC)OCCC)OCCC. The lowest BCUT2D eigenvalue weighted by molar-refractivity contribution is 0.225. The van der Waals surface area contributed by atoms with Gasteiger partial charge in [-0.05, 0) is 52.4 Å². The summed E-state index contributed by atoms with van der Waals surface area (Å²) in [6, 6.07) is 0. The molecule has 0 bridgehead atoms. The molecule has 0 radical (unpaired) electrons. The Morgan fingerprint density at radius 1 is 0.618 bits per heavy atom. The number of rotatable bonds is 22. The number of nitrogens with zero attached hydrogens (tertiary/aromatic N) is 3. The lowest BCUT2D eigenvalue weighted by Crippen LogP contribution is -2.11. The molecule has 0 saturated heterocycles. The molecule has 0 aromatic rings. The van der Waals surface area contributed by atoms with Crippen molar-refractivity contribution in [2.75, 3.05) is 46.2 Å². The van der Waals surface area contributed by atoms with E-state index in [2.05, 4.69) is 41.5 Å². The summed E-state index contributed by atoms with van der Waals surface area (Å²) in [7, 11) is -7.71. The monoisotopic (exact) mass is 547 g/mol. The fraction of sp³-hybridized carbons (Fsp3) is 1.00. The van der Waals surface area contributed by atoms with Gasteiger partial charge in [-0.1, -0.05) is 41.5 Å². The van der Waals surface area contributed by atoms with Crippen molar-refractivity contribution in [3.63, 3.8) is 0 Å². The van der Waals surface area contributed by atoms with Crippen LogP contribution in [0.4, 0.5) is 0 Å². The maximum Gasteiger partial charge on any atom is 0.339 e. The summed E-state index contributed by atoms with van der Waals surface area (Å²) < 4.78 is 52.1.